The molecule has 1 atom stereocenters. The first-order valence-electron chi connectivity index (χ1n) is 6.65. The van der Waals surface area contributed by atoms with Crippen LogP contribution in [0.4, 0.5) is 0 Å². The van der Waals surface area contributed by atoms with Gasteiger partial charge in [-0.25, -0.2) is 4.98 Å². The van der Waals surface area contributed by atoms with Crippen molar-refractivity contribution < 1.29 is 0 Å². The van der Waals surface area contributed by atoms with Gasteiger partial charge in [0.05, 0.1) is 13.6 Å². The number of rotatable bonds is 4. The summed E-state index contributed by atoms with van der Waals surface area (Å²) in [6.45, 7) is 3.10. The summed E-state index contributed by atoms with van der Waals surface area (Å²) in [6, 6.07) is 2.92. The van der Waals surface area contributed by atoms with E-state index in [0.717, 1.165) is 13.0 Å². The predicted molar refractivity (Wildman–Crippen MR) is 91.3 cm³/mol. The maximum absolute atomic E-state index is 4.52. The van der Waals surface area contributed by atoms with Crippen LogP contribution in [0.1, 0.15) is 40.0 Å². The fourth-order valence-electron chi connectivity index (χ4n) is 2.63. The summed E-state index contributed by atoms with van der Waals surface area (Å²) in [5.41, 5.74) is 2.78. The van der Waals surface area contributed by atoms with E-state index in [1.807, 2.05) is 11.3 Å². The van der Waals surface area contributed by atoms with Crippen molar-refractivity contribution in [2.75, 3.05) is 6.54 Å². The van der Waals surface area contributed by atoms with E-state index in [9.17, 15) is 0 Å². The number of thiazole rings is 1. The van der Waals surface area contributed by atoms with Crippen LogP contribution in [0.15, 0.2) is 11.4 Å². The average Bonchev–Trinajstić information content (AvgIpc) is 2.95. The van der Waals surface area contributed by atoms with E-state index in [1.54, 1.807) is 21.8 Å². The molecule has 1 unspecified atom stereocenters. The molecule has 1 aliphatic rings. The van der Waals surface area contributed by atoms with Gasteiger partial charge in [-0.05, 0) is 60.4 Å². The summed E-state index contributed by atoms with van der Waals surface area (Å²) in [5, 5.41) is 7.06. The minimum atomic E-state index is 0.559. The third-order valence-corrected chi connectivity index (χ3v) is 6.32. The third-order valence-electron chi connectivity index (χ3n) is 3.52. The van der Waals surface area contributed by atoms with E-state index in [1.165, 1.54) is 32.8 Å². The number of aromatic nitrogens is 1. The Morgan fingerprint density at radius 1 is 1.53 bits per heavy atom. The number of nitrogens with zero attached hydrogens (tertiary/aromatic N) is 1. The molecule has 19 heavy (non-hydrogen) atoms. The number of hydrogen-bond acceptors (Lipinski definition) is 4. The molecule has 0 saturated heterocycles. The van der Waals surface area contributed by atoms with Gasteiger partial charge in [-0.15, -0.1) is 22.7 Å². The molecule has 5 heteroatoms. The van der Waals surface area contributed by atoms with Crippen LogP contribution in [0.5, 0.6) is 0 Å². The van der Waals surface area contributed by atoms with Crippen molar-refractivity contribution in [2.45, 2.75) is 38.6 Å². The summed E-state index contributed by atoms with van der Waals surface area (Å²) in [5.74, 6) is 0. The largest absolute Gasteiger partial charge is 0.310 e. The highest BCUT2D eigenvalue weighted by atomic mass is 127. The van der Waals surface area contributed by atoms with Crippen LogP contribution in [-0.4, -0.2) is 11.5 Å². The molecule has 2 aromatic heterocycles. The Balaban J connectivity index is 1.59. The Morgan fingerprint density at radius 3 is 3.21 bits per heavy atom. The molecule has 0 radical (unpaired) electrons. The van der Waals surface area contributed by atoms with Crippen molar-refractivity contribution in [2.24, 2.45) is 0 Å². The maximum Gasteiger partial charge on any atom is 0.0897 e. The Hall–Kier alpha value is 0.0200. The quantitative estimate of drug-likeness (QED) is 0.768. The molecule has 0 spiro atoms. The number of nitrogens with one attached hydrogen (secondary N) is 1. The maximum atomic E-state index is 4.52. The van der Waals surface area contributed by atoms with E-state index in [0.29, 0.717) is 6.04 Å². The number of fused-ring (bicyclic) bond motifs is 1. The predicted octanol–water partition coefficient (Wildman–Crippen LogP) is 4.33. The first-order chi connectivity index (χ1) is 9.22. The number of halogens is 1. The van der Waals surface area contributed by atoms with Gasteiger partial charge >= 0.3 is 0 Å². The molecule has 0 amide bonds. The molecule has 0 aliphatic heterocycles. The van der Waals surface area contributed by atoms with Gasteiger partial charge in [-0.3, -0.25) is 0 Å². The van der Waals surface area contributed by atoms with Crippen LogP contribution in [0.3, 0.4) is 0 Å². The highest BCUT2D eigenvalue weighted by Crippen LogP contribution is 2.36. The zero-order valence-corrected chi connectivity index (χ0v) is 14.7. The van der Waals surface area contributed by atoms with Gasteiger partial charge in [-0.1, -0.05) is 0 Å². The first kappa shape index (κ1) is 14.0. The fraction of sp³-hybridized carbons (Fsp3) is 0.500. The van der Waals surface area contributed by atoms with E-state index in [2.05, 4.69) is 51.3 Å². The molecule has 2 aromatic rings. The Bertz CT molecular complexity index is 562. The van der Waals surface area contributed by atoms with Crippen molar-refractivity contribution in [3.05, 3.63) is 35.5 Å². The smallest absolute Gasteiger partial charge is 0.0897 e. The molecule has 0 saturated carbocycles. The fourth-order valence-corrected chi connectivity index (χ4v) is 5.40. The minimum Gasteiger partial charge on any atom is -0.310 e. The van der Waals surface area contributed by atoms with Gasteiger partial charge in [0.25, 0.3) is 0 Å². The van der Waals surface area contributed by atoms with Gasteiger partial charge < -0.3 is 5.32 Å². The second kappa shape index (κ2) is 6.20. The van der Waals surface area contributed by atoms with Crippen LogP contribution in [0.25, 0.3) is 0 Å². The molecular weight excluding hydrogens is 387 g/mol. The second-order valence-electron chi connectivity index (χ2n) is 4.94. The summed E-state index contributed by atoms with van der Waals surface area (Å²) in [4.78, 5) is 6.12. The monoisotopic (exact) mass is 404 g/mol. The Morgan fingerprint density at radius 2 is 2.42 bits per heavy atom. The van der Waals surface area contributed by atoms with E-state index in [4.69, 9.17) is 0 Å². The van der Waals surface area contributed by atoms with E-state index >= 15 is 0 Å². The normalized spacial score (nSPS) is 18.5. The van der Waals surface area contributed by atoms with Gasteiger partial charge in [-0.2, -0.15) is 0 Å². The second-order valence-corrected chi connectivity index (χ2v) is 9.03. The summed E-state index contributed by atoms with van der Waals surface area (Å²) < 4.78 is 1.42. The highest BCUT2D eigenvalue weighted by Gasteiger charge is 2.21. The van der Waals surface area contributed by atoms with Crippen LogP contribution in [-0.2, 0) is 12.8 Å². The summed E-state index contributed by atoms with van der Waals surface area (Å²) in [7, 11) is 0. The topological polar surface area (TPSA) is 24.9 Å². The third kappa shape index (κ3) is 3.37. The van der Waals surface area contributed by atoms with Crippen molar-refractivity contribution in [3.8, 4) is 0 Å². The molecule has 0 bridgehead atoms. The van der Waals surface area contributed by atoms with Gasteiger partial charge in [0.15, 0.2) is 0 Å². The SMILES string of the molecule is Cc1nc(CCNC2CCCc3sc(I)cc32)cs1. The zero-order chi connectivity index (χ0) is 13.2. The molecule has 1 N–H and O–H groups in total. The molecule has 102 valence electrons. The average molecular weight is 404 g/mol. The van der Waals surface area contributed by atoms with Crippen LogP contribution >= 0.6 is 45.3 Å². The van der Waals surface area contributed by atoms with Crippen LogP contribution in [0, 0.1) is 9.81 Å². The molecular formula is C14H17IN2S2. The van der Waals surface area contributed by atoms with E-state index < -0.39 is 0 Å². The number of hydrogen-bond donors (Lipinski definition) is 1. The molecule has 2 nitrogen and oxygen atoms in total. The molecule has 2 heterocycles. The Kier molecular flexibility index (Phi) is 4.56. The van der Waals surface area contributed by atoms with E-state index in [-0.39, 0.29) is 0 Å². The van der Waals surface area contributed by atoms with Crippen molar-refractivity contribution in [3.63, 3.8) is 0 Å². The van der Waals surface area contributed by atoms with Crippen molar-refractivity contribution in [1.82, 2.24) is 10.3 Å². The molecule has 1 aliphatic carbocycles. The van der Waals surface area contributed by atoms with Gasteiger partial charge in [0.2, 0.25) is 0 Å². The lowest BCUT2D eigenvalue weighted by atomic mass is 9.94. The lowest BCUT2D eigenvalue weighted by Gasteiger charge is -2.23. The summed E-state index contributed by atoms with van der Waals surface area (Å²) in [6.07, 6.45) is 4.90. The van der Waals surface area contributed by atoms with Crippen molar-refractivity contribution in [1.29, 1.82) is 0 Å². The first-order valence-corrected chi connectivity index (χ1v) is 9.42. The minimum absolute atomic E-state index is 0.559. The number of thiophene rings is 1. The lowest BCUT2D eigenvalue weighted by Crippen LogP contribution is -2.26. The van der Waals surface area contributed by atoms with Crippen LogP contribution < -0.4 is 5.32 Å². The lowest BCUT2D eigenvalue weighted by molar-refractivity contribution is 0.466. The van der Waals surface area contributed by atoms with Crippen LogP contribution in [0.2, 0.25) is 0 Å². The standard InChI is InChI=1S/C14H17IN2S2/c1-9-17-10(8-18-9)5-6-16-12-3-2-4-13-11(12)7-14(15)19-13/h7-8,12,16H,2-6H2,1H3. The molecule has 3 rings (SSSR count). The highest BCUT2D eigenvalue weighted by molar-refractivity contribution is 14.1. The summed E-state index contributed by atoms with van der Waals surface area (Å²) >= 11 is 6.15. The molecule has 0 aromatic carbocycles. The van der Waals surface area contributed by atoms with Gasteiger partial charge in [0.1, 0.15) is 0 Å². The zero-order valence-electron chi connectivity index (χ0n) is 10.9. The Labute approximate surface area is 135 Å². The number of aryl methyl sites for hydroxylation is 2. The molecule has 0 fully saturated rings. The van der Waals surface area contributed by atoms with Crippen molar-refractivity contribution >= 4 is 45.3 Å². The van der Waals surface area contributed by atoms with Gasteiger partial charge in [0, 0.05) is 29.3 Å².